The molecule has 2 rings (SSSR count). The van der Waals surface area contributed by atoms with Crippen molar-refractivity contribution < 1.29 is 5.11 Å². The highest BCUT2D eigenvalue weighted by Crippen LogP contribution is 2.38. The normalized spacial score (nSPS) is 31.2. The first-order valence-corrected chi connectivity index (χ1v) is 8.66. The van der Waals surface area contributed by atoms with Gasteiger partial charge in [0, 0.05) is 30.4 Å². The zero-order valence-corrected chi connectivity index (χ0v) is 12.8. The van der Waals surface area contributed by atoms with Gasteiger partial charge in [-0.2, -0.15) is 11.8 Å². The summed E-state index contributed by atoms with van der Waals surface area (Å²) in [6.45, 7) is 6.15. The van der Waals surface area contributed by atoms with E-state index in [9.17, 15) is 5.11 Å². The number of thioether (sulfide) groups is 1. The molecule has 1 aliphatic heterocycles. The lowest BCUT2D eigenvalue weighted by molar-refractivity contribution is 0.0722. The Hall–Kier alpha value is 0.270. The Bertz CT molecular complexity index is 261. The van der Waals surface area contributed by atoms with Crippen LogP contribution in [0.5, 0.6) is 0 Å². The van der Waals surface area contributed by atoms with Gasteiger partial charge >= 0.3 is 0 Å². The monoisotopic (exact) mass is 271 g/mol. The second-order valence-electron chi connectivity index (χ2n) is 6.97. The van der Waals surface area contributed by atoms with Crippen LogP contribution in [0.1, 0.15) is 52.4 Å². The molecular weight excluding hydrogens is 242 g/mol. The van der Waals surface area contributed by atoms with Gasteiger partial charge in [-0.15, -0.1) is 0 Å². The van der Waals surface area contributed by atoms with Crippen molar-refractivity contribution in [3.05, 3.63) is 0 Å². The fourth-order valence-electron chi connectivity index (χ4n) is 3.30. The van der Waals surface area contributed by atoms with Crippen LogP contribution in [0.4, 0.5) is 0 Å². The minimum absolute atomic E-state index is 0.177. The molecule has 1 aliphatic carbocycles. The Labute approximate surface area is 116 Å². The topological polar surface area (TPSA) is 32.3 Å². The van der Waals surface area contributed by atoms with Crippen LogP contribution in [0.25, 0.3) is 0 Å². The van der Waals surface area contributed by atoms with Gasteiger partial charge < -0.3 is 10.4 Å². The molecule has 1 atom stereocenters. The molecule has 2 nitrogen and oxygen atoms in total. The summed E-state index contributed by atoms with van der Waals surface area (Å²) in [5.41, 5.74) is 0.590. The molecule has 0 spiro atoms. The van der Waals surface area contributed by atoms with Crippen LogP contribution < -0.4 is 5.32 Å². The summed E-state index contributed by atoms with van der Waals surface area (Å²) in [6.07, 6.45) is 7.66. The van der Waals surface area contributed by atoms with E-state index in [4.69, 9.17) is 0 Å². The third-order valence-corrected chi connectivity index (χ3v) is 6.15. The molecule has 0 radical (unpaired) electrons. The molecule has 1 saturated heterocycles. The van der Waals surface area contributed by atoms with Crippen LogP contribution in [-0.2, 0) is 0 Å². The third-order valence-electron chi connectivity index (χ3n) is 5.09. The van der Waals surface area contributed by atoms with Crippen molar-refractivity contribution in [2.75, 3.05) is 24.7 Å². The predicted molar refractivity (Wildman–Crippen MR) is 80.1 cm³/mol. The summed E-state index contributed by atoms with van der Waals surface area (Å²) in [6, 6.07) is 0.613. The van der Waals surface area contributed by atoms with Crippen LogP contribution in [-0.4, -0.2) is 35.8 Å². The highest BCUT2D eigenvalue weighted by Gasteiger charge is 2.36. The molecule has 0 aromatic rings. The van der Waals surface area contributed by atoms with Crippen LogP contribution in [0.2, 0.25) is 0 Å². The third kappa shape index (κ3) is 3.43. The van der Waals surface area contributed by atoms with Gasteiger partial charge in [0.15, 0.2) is 0 Å². The quantitative estimate of drug-likeness (QED) is 0.824. The molecule has 0 amide bonds. The molecule has 2 N–H and O–H groups in total. The second-order valence-corrected chi connectivity index (χ2v) is 8.12. The maximum absolute atomic E-state index is 9.76. The van der Waals surface area contributed by atoms with E-state index in [0.29, 0.717) is 18.1 Å². The SMILES string of the molecule is CC1(C)CCSCC1NCC1(CO)CCCCC1. The molecule has 1 saturated carbocycles. The summed E-state index contributed by atoms with van der Waals surface area (Å²) in [5.74, 6) is 2.53. The number of aliphatic hydroxyl groups excluding tert-OH is 1. The molecule has 18 heavy (non-hydrogen) atoms. The number of nitrogens with one attached hydrogen (secondary N) is 1. The first-order chi connectivity index (χ1) is 8.58. The van der Waals surface area contributed by atoms with E-state index in [-0.39, 0.29) is 5.41 Å². The van der Waals surface area contributed by atoms with Crippen molar-refractivity contribution >= 4 is 11.8 Å². The average molecular weight is 271 g/mol. The first kappa shape index (κ1) is 14.7. The molecule has 0 bridgehead atoms. The zero-order chi connectivity index (χ0) is 13.1. The van der Waals surface area contributed by atoms with Crippen LogP contribution in [0.15, 0.2) is 0 Å². The van der Waals surface area contributed by atoms with Gasteiger partial charge in [-0.05, 0) is 30.4 Å². The molecule has 2 aliphatic rings. The number of hydrogen-bond acceptors (Lipinski definition) is 3. The summed E-state index contributed by atoms with van der Waals surface area (Å²) in [4.78, 5) is 0. The van der Waals surface area contributed by atoms with E-state index < -0.39 is 0 Å². The molecule has 106 valence electrons. The van der Waals surface area contributed by atoms with Gasteiger partial charge in [-0.3, -0.25) is 0 Å². The molecule has 2 fully saturated rings. The molecule has 3 heteroatoms. The predicted octanol–water partition coefficient (Wildman–Crippen LogP) is 3.05. The number of aliphatic hydroxyl groups is 1. The average Bonchev–Trinajstić information content (AvgIpc) is 2.38. The van der Waals surface area contributed by atoms with Crippen LogP contribution in [0, 0.1) is 10.8 Å². The van der Waals surface area contributed by atoms with Crippen molar-refractivity contribution in [2.24, 2.45) is 10.8 Å². The molecule has 0 aromatic heterocycles. The van der Waals surface area contributed by atoms with Crippen LogP contribution >= 0.6 is 11.8 Å². The largest absolute Gasteiger partial charge is 0.396 e. The van der Waals surface area contributed by atoms with E-state index >= 15 is 0 Å². The fourth-order valence-corrected chi connectivity index (χ4v) is 4.95. The Morgan fingerprint density at radius 1 is 1.17 bits per heavy atom. The van der Waals surface area contributed by atoms with Gasteiger partial charge in [0.1, 0.15) is 0 Å². The molecule has 0 aromatic carbocycles. The van der Waals surface area contributed by atoms with Crippen molar-refractivity contribution in [3.63, 3.8) is 0 Å². The van der Waals surface area contributed by atoms with Gasteiger partial charge in [0.05, 0.1) is 0 Å². The fraction of sp³-hybridized carbons (Fsp3) is 1.00. The lowest BCUT2D eigenvalue weighted by Crippen LogP contribution is -2.51. The number of rotatable bonds is 4. The van der Waals surface area contributed by atoms with E-state index in [2.05, 4.69) is 30.9 Å². The lowest BCUT2D eigenvalue weighted by atomic mass is 9.74. The molecular formula is C15H29NOS. The Kier molecular flexibility index (Phi) is 5.01. The standard InChI is InChI=1S/C15H29NOS/c1-14(2)8-9-18-10-13(14)16-11-15(12-17)6-4-3-5-7-15/h13,16-17H,3-12H2,1-2H3. The first-order valence-electron chi connectivity index (χ1n) is 7.50. The van der Waals surface area contributed by atoms with Gasteiger partial charge in [0.2, 0.25) is 0 Å². The Morgan fingerprint density at radius 2 is 1.89 bits per heavy atom. The van der Waals surface area contributed by atoms with Gasteiger partial charge in [0.25, 0.3) is 0 Å². The molecule has 1 unspecified atom stereocenters. The maximum atomic E-state index is 9.76. The van der Waals surface area contributed by atoms with Crippen molar-refractivity contribution in [3.8, 4) is 0 Å². The summed E-state index contributed by atoms with van der Waals surface area (Å²) >= 11 is 2.07. The van der Waals surface area contributed by atoms with E-state index in [1.807, 2.05) is 0 Å². The minimum atomic E-state index is 0.177. The van der Waals surface area contributed by atoms with Crippen molar-refractivity contribution in [1.82, 2.24) is 5.32 Å². The van der Waals surface area contributed by atoms with Crippen LogP contribution in [0.3, 0.4) is 0 Å². The van der Waals surface area contributed by atoms with Crippen molar-refractivity contribution in [2.45, 2.75) is 58.4 Å². The highest BCUT2D eigenvalue weighted by atomic mass is 32.2. The van der Waals surface area contributed by atoms with E-state index in [1.54, 1.807) is 0 Å². The maximum Gasteiger partial charge on any atom is 0.0499 e. The second kappa shape index (κ2) is 6.15. The zero-order valence-electron chi connectivity index (χ0n) is 12.0. The highest BCUT2D eigenvalue weighted by molar-refractivity contribution is 7.99. The molecule has 1 heterocycles. The van der Waals surface area contributed by atoms with Crippen molar-refractivity contribution in [1.29, 1.82) is 0 Å². The smallest absolute Gasteiger partial charge is 0.0499 e. The Balaban J connectivity index is 1.88. The van der Waals surface area contributed by atoms with Gasteiger partial charge in [-0.25, -0.2) is 0 Å². The summed E-state index contributed by atoms with van der Waals surface area (Å²) < 4.78 is 0. The summed E-state index contributed by atoms with van der Waals surface area (Å²) in [7, 11) is 0. The summed E-state index contributed by atoms with van der Waals surface area (Å²) in [5, 5.41) is 13.5. The van der Waals surface area contributed by atoms with E-state index in [1.165, 1.54) is 50.0 Å². The number of hydrogen-bond donors (Lipinski definition) is 2. The minimum Gasteiger partial charge on any atom is -0.396 e. The van der Waals surface area contributed by atoms with Gasteiger partial charge in [-0.1, -0.05) is 33.1 Å². The Morgan fingerprint density at radius 3 is 2.50 bits per heavy atom. The lowest BCUT2D eigenvalue weighted by Gasteiger charge is -2.43. The van der Waals surface area contributed by atoms with E-state index in [0.717, 1.165) is 6.54 Å².